The van der Waals surface area contributed by atoms with Crippen LogP contribution in [0.1, 0.15) is 68.7 Å². The lowest BCUT2D eigenvalue weighted by molar-refractivity contribution is 0.489. The molecule has 1 nitrogen and oxygen atoms in total. The minimum atomic E-state index is -1.98. The average molecular weight is 550 g/mol. The van der Waals surface area contributed by atoms with Crippen LogP contribution in [-0.2, 0) is 25.7 Å². The van der Waals surface area contributed by atoms with E-state index in [1.807, 2.05) is 0 Å². The fraction of sp³-hybridized carbons (Fsp3) is 0.538. The zero-order valence-electron chi connectivity index (χ0n) is 19.1. The van der Waals surface area contributed by atoms with Crippen molar-refractivity contribution < 1.29 is 4.43 Å². The fourth-order valence-corrected chi connectivity index (χ4v) is 6.93. The molecule has 0 unspecified atom stereocenters. The highest BCUT2D eigenvalue weighted by Gasteiger charge is 2.40. The van der Waals surface area contributed by atoms with Crippen LogP contribution in [0.25, 0.3) is 11.1 Å². The summed E-state index contributed by atoms with van der Waals surface area (Å²) < 4.78 is 9.38. The highest BCUT2D eigenvalue weighted by atomic mass is 79.9. The lowest BCUT2D eigenvalue weighted by Crippen LogP contribution is -2.44. The monoisotopic (exact) mass is 548 g/mol. The van der Waals surface area contributed by atoms with Gasteiger partial charge in [-0.1, -0.05) is 36.7 Å². The van der Waals surface area contributed by atoms with Crippen molar-refractivity contribution >= 4 is 40.2 Å². The number of aryl methyl sites for hydroxylation is 2. The number of hydrogen-bond acceptors (Lipinski definition) is 1. The molecule has 0 N–H and O–H groups in total. The first kappa shape index (κ1) is 22.6. The van der Waals surface area contributed by atoms with Crippen molar-refractivity contribution in [3.63, 3.8) is 0 Å². The van der Waals surface area contributed by atoms with Gasteiger partial charge in [-0.05, 0) is 131 Å². The van der Waals surface area contributed by atoms with Crippen molar-refractivity contribution in [2.45, 2.75) is 90.3 Å². The maximum atomic E-state index is 7.06. The molecule has 0 amide bonds. The molecule has 2 aliphatic rings. The molecule has 4 heteroatoms. The van der Waals surface area contributed by atoms with Crippen LogP contribution in [0.4, 0.5) is 0 Å². The van der Waals surface area contributed by atoms with Crippen molar-refractivity contribution in [3.8, 4) is 16.9 Å². The lowest BCUT2D eigenvalue weighted by atomic mass is 9.80. The zero-order valence-corrected chi connectivity index (χ0v) is 23.2. The standard InChI is InChI=1S/C26H34Br2OSi/c1-26(2,3)30(4,5)29-25-23(28)15-18-11-7-9-13-21(18)24(25)22-16-19(27)14-17-10-6-8-12-20(17)22/h14-16H,6-13H2,1-5H3. The van der Waals surface area contributed by atoms with Crippen LogP contribution in [0.2, 0.25) is 18.1 Å². The van der Waals surface area contributed by atoms with Gasteiger partial charge in [0.1, 0.15) is 5.75 Å². The molecule has 0 aliphatic heterocycles. The number of fused-ring (bicyclic) bond motifs is 2. The van der Waals surface area contributed by atoms with Gasteiger partial charge in [-0.2, -0.15) is 0 Å². The van der Waals surface area contributed by atoms with Crippen molar-refractivity contribution in [2.75, 3.05) is 0 Å². The van der Waals surface area contributed by atoms with E-state index in [0.29, 0.717) is 0 Å². The van der Waals surface area contributed by atoms with Gasteiger partial charge in [-0.25, -0.2) is 0 Å². The molecule has 2 aromatic carbocycles. The molecule has 0 heterocycles. The van der Waals surface area contributed by atoms with Crippen LogP contribution in [0, 0.1) is 0 Å². The third kappa shape index (κ3) is 4.21. The number of halogens is 2. The Morgan fingerprint density at radius 3 is 2.00 bits per heavy atom. The van der Waals surface area contributed by atoms with Crippen molar-refractivity contribution in [1.82, 2.24) is 0 Å². The quantitative estimate of drug-likeness (QED) is 0.347. The summed E-state index contributed by atoms with van der Waals surface area (Å²) in [6, 6.07) is 7.06. The molecule has 162 valence electrons. The molecule has 0 bridgehead atoms. The van der Waals surface area contributed by atoms with E-state index in [1.54, 1.807) is 5.56 Å². The van der Waals surface area contributed by atoms with Gasteiger partial charge in [0.25, 0.3) is 8.32 Å². The van der Waals surface area contributed by atoms with E-state index < -0.39 is 8.32 Å². The van der Waals surface area contributed by atoms with E-state index in [0.717, 1.165) is 16.6 Å². The maximum absolute atomic E-state index is 7.06. The Balaban J connectivity index is 1.99. The number of hydrogen-bond donors (Lipinski definition) is 0. The summed E-state index contributed by atoms with van der Waals surface area (Å²) in [5.41, 5.74) is 8.90. The van der Waals surface area contributed by atoms with Gasteiger partial charge in [0.05, 0.1) is 4.47 Å². The van der Waals surface area contributed by atoms with Gasteiger partial charge in [-0.15, -0.1) is 0 Å². The van der Waals surface area contributed by atoms with Crippen LogP contribution in [0.5, 0.6) is 5.75 Å². The highest BCUT2D eigenvalue weighted by Crippen LogP contribution is 2.49. The Kier molecular flexibility index (Phi) is 6.33. The highest BCUT2D eigenvalue weighted by molar-refractivity contribution is 9.10. The fourth-order valence-electron chi connectivity index (χ4n) is 4.69. The number of benzene rings is 2. The first-order chi connectivity index (χ1) is 14.1. The van der Waals surface area contributed by atoms with Gasteiger partial charge >= 0.3 is 0 Å². The van der Waals surface area contributed by atoms with Crippen LogP contribution in [0.15, 0.2) is 27.1 Å². The Labute approximate surface area is 200 Å². The van der Waals surface area contributed by atoms with E-state index >= 15 is 0 Å². The second kappa shape index (κ2) is 8.40. The van der Waals surface area contributed by atoms with Gasteiger partial charge in [0.15, 0.2) is 0 Å². The molecule has 0 radical (unpaired) electrons. The Morgan fingerprint density at radius 2 is 1.37 bits per heavy atom. The van der Waals surface area contributed by atoms with Gasteiger partial charge < -0.3 is 4.43 Å². The normalized spacial score (nSPS) is 16.8. The molecule has 2 aliphatic carbocycles. The largest absolute Gasteiger partial charge is 0.542 e. The Hall–Kier alpha value is -0.583. The molecular weight excluding hydrogens is 516 g/mol. The first-order valence-corrected chi connectivity index (χ1v) is 15.9. The summed E-state index contributed by atoms with van der Waals surface area (Å²) in [5.74, 6) is 1.09. The van der Waals surface area contributed by atoms with Crippen molar-refractivity contribution in [3.05, 3.63) is 49.4 Å². The molecule has 0 spiro atoms. The second-order valence-corrected chi connectivity index (χ2v) is 17.1. The molecule has 0 fully saturated rings. The molecule has 30 heavy (non-hydrogen) atoms. The van der Waals surface area contributed by atoms with Crippen molar-refractivity contribution in [2.24, 2.45) is 0 Å². The molecule has 0 saturated heterocycles. The molecule has 2 aromatic rings. The third-order valence-electron chi connectivity index (χ3n) is 7.42. The summed E-state index contributed by atoms with van der Waals surface area (Å²) in [4.78, 5) is 0. The molecule has 0 atom stereocenters. The topological polar surface area (TPSA) is 9.23 Å². The second-order valence-electron chi connectivity index (χ2n) is 10.6. The minimum absolute atomic E-state index is 0.163. The minimum Gasteiger partial charge on any atom is -0.542 e. The molecule has 0 aromatic heterocycles. The van der Waals surface area contributed by atoms with Crippen LogP contribution >= 0.6 is 31.9 Å². The molecule has 0 saturated carbocycles. The number of rotatable bonds is 3. The summed E-state index contributed by atoms with van der Waals surface area (Å²) in [6.07, 6.45) is 9.86. The smallest absolute Gasteiger partial charge is 0.250 e. The molecular formula is C26H34Br2OSi. The predicted molar refractivity (Wildman–Crippen MR) is 138 cm³/mol. The van der Waals surface area contributed by atoms with E-state index in [4.69, 9.17) is 4.43 Å². The van der Waals surface area contributed by atoms with Gasteiger partial charge in [0.2, 0.25) is 0 Å². The molecule has 4 rings (SSSR count). The van der Waals surface area contributed by atoms with E-state index in [1.165, 1.54) is 77.2 Å². The van der Waals surface area contributed by atoms with Crippen LogP contribution in [0.3, 0.4) is 0 Å². The Bertz CT molecular complexity index is 972. The summed E-state index contributed by atoms with van der Waals surface area (Å²) in [5, 5.41) is 0.163. The summed E-state index contributed by atoms with van der Waals surface area (Å²) in [6.45, 7) is 11.7. The SMILES string of the molecule is CC(C)(C)[Si](C)(C)Oc1c(Br)cc2c(c1-c1cc(Br)cc3c1CCCC3)CCCC2. The van der Waals surface area contributed by atoms with Gasteiger partial charge in [0, 0.05) is 10.0 Å². The van der Waals surface area contributed by atoms with E-state index in [9.17, 15) is 0 Å². The maximum Gasteiger partial charge on any atom is 0.250 e. The average Bonchev–Trinajstić information content (AvgIpc) is 2.67. The van der Waals surface area contributed by atoms with E-state index in [2.05, 4.69) is 83.9 Å². The Morgan fingerprint density at radius 1 is 0.800 bits per heavy atom. The predicted octanol–water partition coefficient (Wildman–Crippen LogP) is 9.02. The van der Waals surface area contributed by atoms with E-state index in [-0.39, 0.29) is 5.04 Å². The lowest BCUT2D eigenvalue weighted by Gasteiger charge is -2.38. The van der Waals surface area contributed by atoms with Crippen molar-refractivity contribution in [1.29, 1.82) is 0 Å². The third-order valence-corrected chi connectivity index (χ3v) is 12.8. The first-order valence-electron chi connectivity index (χ1n) is 11.4. The summed E-state index contributed by atoms with van der Waals surface area (Å²) in [7, 11) is -1.98. The van der Waals surface area contributed by atoms with Crippen LogP contribution < -0.4 is 4.43 Å². The zero-order chi connectivity index (χ0) is 21.7. The summed E-state index contributed by atoms with van der Waals surface area (Å²) >= 11 is 7.77. The van der Waals surface area contributed by atoms with Gasteiger partial charge in [-0.3, -0.25) is 0 Å². The van der Waals surface area contributed by atoms with Crippen LogP contribution in [-0.4, -0.2) is 8.32 Å².